The fourth-order valence-electron chi connectivity index (χ4n) is 2.03. The van der Waals surface area contributed by atoms with Crippen molar-refractivity contribution in [3.05, 3.63) is 23.4 Å². The Kier molecular flexibility index (Phi) is 5.54. The smallest absolute Gasteiger partial charge is 0.228 e. The largest absolute Gasteiger partial charge is 0.339 e. The minimum atomic E-state index is 0.432. The molecule has 0 bridgehead atoms. The molecular weight excluding hydrogens is 258 g/mol. The third-order valence-electron chi connectivity index (χ3n) is 2.95. The second-order valence-corrected chi connectivity index (χ2v) is 5.58. The van der Waals surface area contributed by atoms with E-state index in [0.717, 1.165) is 43.0 Å². The Labute approximate surface area is 118 Å². The van der Waals surface area contributed by atoms with E-state index in [1.54, 1.807) is 11.3 Å². The maximum absolute atomic E-state index is 5.35. The monoisotopic (exact) mass is 279 g/mol. The summed E-state index contributed by atoms with van der Waals surface area (Å²) in [7, 11) is 0. The second-order valence-electron chi connectivity index (χ2n) is 4.63. The van der Waals surface area contributed by atoms with Crippen LogP contribution in [0.4, 0.5) is 0 Å². The van der Waals surface area contributed by atoms with Gasteiger partial charge in [-0.3, -0.25) is 0 Å². The fourth-order valence-corrected chi connectivity index (χ4v) is 2.68. The summed E-state index contributed by atoms with van der Waals surface area (Å²) in [6.07, 6.45) is 4.25. The summed E-state index contributed by atoms with van der Waals surface area (Å²) in [5.74, 6) is 1.43. The Bertz CT molecular complexity index is 467. The van der Waals surface area contributed by atoms with Crippen molar-refractivity contribution in [2.24, 2.45) is 0 Å². The molecule has 5 heteroatoms. The van der Waals surface area contributed by atoms with Crippen molar-refractivity contribution in [2.45, 2.75) is 45.6 Å². The normalized spacial score (nSPS) is 12.7. The van der Waals surface area contributed by atoms with Crippen LogP contribution in [0, 0.1) is 0 Å². The predicted octanol–water partition coefficient (Wildman–Crippen LogP) is 3.51. The van der Waals surface area contributed by atoms with Gasteiger partial charge in [-0.1, -0.05) is 31.5 Å². The van der Waals surface area contributed by atoms with E-state index in [1.807, 2.05) is 17.5 Å². The van der Waals surface area contributed by atoms with Crippen molar-refractivity contribution in [1.29, 1.82) is 0 Å². The van der Waals surface area contributed by atoms with E-state index in [4.69, 9.17) is 4.52 Å². The fraction of sp³-hybridized carbons (Fsp3) is 0.571. The van der Waals surface area contributed by atoms with Crippen LogP contribution in [0.25, 0.3) is 10.7 Å². The molecule has 0 aliphatic rings. The minimum Gasteiger partial charge on any atom is -0.339 e. The quantitative estimate of drug-likeness (QED) is 0.803. The summed E-state index contributed by atoms with van der Waals surface area (Å²) in [5, 5.41) is 9.61. The standard InChI is InChI=1S/C14H21N3OS/c1-3-6-11(15-8-4-2)10-13-16-14(17-18-13)12-7-5-9-19-12/h5,7,9,11,15H,3-4,6,8,10H2,1-2H3. The van der Waals surface area contributed by atoms with Crippen molar-refractivity contribution in [2.75, 3.05) is 6.54 Å². The van der Waals surface area contributed by atoms with Gasteiger partial charge in [-0.2, -0.15) is 4.98 Å². The van der Waals surface area contributed by atoms with E-state index in [-0.39, 0.29) is 0 Å². The van der Waals surface area contributed by atoms with Crippen LogP contribution in [0.2, 0.25) is 0 Å². The summed E-state index contributed by atoms with van der Waals surface area (Å²) in [6.45, 7) is 5.42. The lowest BCUT2D eigenvalue weighted by Gasteiger charge is -2.15. The summed E-state index contributed by atoms with van der Waals surface area (Å²) < 4.78 is 5.35. The van der Waals surface area contributed by atoms with Gasteiger partial charge in [0.25, 0.3) is 0 Å². The highest BCUT2D eigenvalue weighted by Gasteiger charge is 2.14. The molecule has 0 aliphatic heterocycles. The minimum absolute atomic E-state index is 0.432. The molecule has 0 aromatic carbocycles. The Morgan fingerprint density at radius 1 is 1.37 bits per heavy atom. The number of hydrogen-bond donors (Lipinski definition) is 1. The van der Waals surface area contributed by atoms with Gasteiger partial charge in [0.15, 0.2) is 0 Å². The molecule has 0 spiro atoms. The van der Waals surface area contributed by atoms with Gasteiger partial charge < -0.3 is 9.84 Å². The summed E-state index contributed by atoms with van der Waals surface area (Å²) in [6, 6.07) is 4.44. The number of thiophene rings is 1. The van der Waals surface area contributed by atoms with Crippen LogP contribution in [0.1, 0.15) is 39.0 Å². The Morgan fingerprint density at radius 2 is 2.26 bits per heavy atom. The molecule has 4 nitrogen and oxygen atoms in total. The molecule has 2 rings (SSSR count). The summed E-state index contributed by atoms with van der Waals surface area (Å²) in [5.41, 5.74) is 0. The van der Waals surface area contributed by atoms with Gasteiger partial charge in [0.2, 0.25) is 11.7 Å². The van der Waals surface area contributed by atoms with Gasteiger partial charge in [-0.15, -0.1) is 11.3 Å². The Morgan fingerprint density at radius 3 is 2.95 bits per heavy atom. The molecule has 2 aromatic heterocycles. The lowest BCUT2D eigenvalue weighted by Crippen LogP contribution is -2.31. The van der Waals surface area contributed by atoms with Gasteiger partial charge in [-0.25, -0.2) is 0 Å². The van der Waals surface area contributed by atoms with E-state index in [0.29, 0.717) is 11.9 Å². The molecule has 0 saturated carbocycles. The first-order valence-electron chi connectivity index (χ1n) is 6.93. The first-order valence-corrected chi connectivity index (χ1v) is 7.81. The molecule has 0 amide bonds. The predicted molar refractivity (Wildman–Crippen MR) is 78.3 cm³/mol. The lowest BCUT2D eigenvalue weighted by molar-refractivity contribution is 0.350. The second kappa shape index (κ2) is 7.40. The van der Waals surface area contributed by atoms with Gasteiger partial charge in [0.05, 0.1) is 4.88 Å². The zero-order valence-electron chi connectivity index (χ0n) is 11.6. The summed E-state index contributed by atoms with van der Waals surface area (Å²) >= 11 is 1.63. The zero-order chi connectivity index (χ0) is 13.5. The van der Waals surface area contributed by atoms with Crippen LogP contribution in [0.15, 0.2) is 22.0 Å². The highest BCUT2D eigenvalue weighted by molar-refractivity contribution is 7.13. The molecule has 1 N–H and O–H groups in total. The maximum Gasteiger partial charge on any atom is 0.228 e. The van der Waals surface area contributed by atoms with Gasteiger partial charge in [-0.05, 0) is 30.8 Å². The molecule has 104 valence electrons. The van der Waals surface area contributed by atoms with Gasteiger partial charge >= 0.3 is 0 Å². The van der Waals surface area contributed by atoms with Crippen molar-refractivity contribution >= 4 is 11.3 Å². The van der Waals surface area contributed by atoms with Gasteiger partial charge in [0, 0.05) is 12.5 Å². The highest BCUT2D eigenvalue weighted by atomic mass is 32.1. The molecule has 2 heterocycles. The van der Waals surface area contributed by atoms with E-state index in [9.17, 15) is 0 Å². The average Bonchev–Trinajstić information content (AvgIpc) is 3.06. The van der Waals surface area contributed by atoms with Gasteiger partial charge in [0.1, 0.15) is 0 Å². The molecule has 0 fully saturated rings. The van der Waals surface area contributed by atoms with Crippen LogP contribution in [0.3, 0.4) is 0 Å². The molecule has 0 saturated heterocycles. The van der Waals surface area contributed by atoms with E-state index < -0.39 is 0 Å². The molecule has 0 aliphatic carbocycles. The lowest BCUT2D eigenvalue weighted by atomic mass is 10.1. The number of nitrogens with one attached hydrogen (secondary N) is 1. The molecule has 19 heavy (non-hydrogen) atoms. The molecule has 1 atom stereocenters. The van der Waals surface area contributed by atoms with E-state index in [2.05, 4.69) is 29.3 Å². The zero-order valence-corrected chi connectivity index (χ0v) is 12.4. The maximum atomic E-state index is 5.35. The van der Waals surface area contributed by atoms with Crippen molar-refractivity contribution in [3.8, 4) is 10.7 Å². The van der Waals surface area contributed by atoms with Crippen LogP contribution in [-0.4, -0.2) is 22.7 Å². The van der Waals surface area contributed by atoms with Crippen molar-refractivity contribution < 1.29 is 4.52 Å². The number of aromatic nitrogens is 2. The Hall–Kier alpha value is -1.20. The van der Waals surface area contributed by atoms with Crippen molar-refractivity contribution in [1.82, 2.24) is 15.5 Å². The molecule has 2 aromatic rings. The average molecular weight is 279 g/mol. The highest BCUT2D eigenvalue weighted by Crippen LogP contribution is 2.21. The van der Waals surface area contributed by atoms with Crippen LogP contribution < -0.4 is 5.32 Å². The first-order chi connectivity index (χ1) is 9.33. The van der Waals surface area contributed by atoms with Crippen molar-refractivity contribution in [3.63, 3.8) is 0 Å². The third kappa shape index (κ3) is 4.14. The number of rotatable bonds is 8. The first kappa shape index (κ1) is 14.2. The van der Waals surface area contributed by atoms with Crippen LogP contribution >= 0.6 is 11.3 Å². The van der Waals surface area contributed by atoms with Crippen LogP contribution in [-0.2, 0) is 6.42 Å². The third-order valence-corrected chi connectivity index (χ3v) is 3.82. The molecular formula is C14H21N3OS. The topological polar surface area (TPSA) is 51.0 Å². The summed E-state index contributed by atoms with van der Waals surface area (Å²) in [4.78, 5) is 5.53. The Balaban J connectivity index is 1.97. The number of hydrogen-bond acceptors (Lipinski definition) is 5. The van der Waals surface area contributed by atoms with E-state index >= 15 is 0 Å². The van der Waals surface area contributed by atoms with E-state index in [1.165, 1.54) is 0 Å². The van der Waals surface area contributed by atoms with Crippen LogP contribution in [0.5, 0.6) is 0 Å². The molecule has 1 unspecified atom stereocenters. The molecule has 0 radical (unpaired) electrons. The SMILES string of the molecule is CCCNC(CCC)Cc1nc(-c2cccs2)no1. The number of nitrogens with zero attached hydrogens (tertiary/aromatic N) is 2.